The third kappa shape index (κ3) is 6.34. The van der Waals surface area contributed by atoms with Crippen molar-refractivity contribution in [3.8, 4) is 11.8 Å². The van der Waals surface area contributed by atoms with Crippen LogP contribution in [0.3, 0.4) is 0 Å². The molecule has 1 atom stereocenters. The first-order valence-electron chi connectivity index (χ1n) is 12.6. The van der Waals surface area contributed by atoms with Gasteiger partial charge in [0.15, 0.2) is 5.60 Å². The maximum atomic E-state index is 10.9. The van der Waals surface area contributed by atoms with E-state index in [1.165, 1.54) is 11.9 Å². The van der Waals surface area contributed by atoms with Crippen molar-refractivity contribution in [1.82, 2.24) is 9.55 Å². The van der Waals surface area contributed by atoms with Crippen LogP contribution in [0.15, 0.2) is 54.7 Å². The molecule has 5 rings (SSSR count). The first-order chi connectivity index (χ1) is 17.9. The van der Waals surface area contributed by atoms with Crippen LogP contribution in [-0.2, 0) is 17.9 Å². The van der Waals surface area contributed by atoms with Gasteiger partial charge in [-0.25, -0.2) is 0 Å². The van der Waals surface area contributed by atoms with Crippen LogP contribution in [0.5, 0.6) is 11.8 Å². The van der Waals surface area contributed by atoms with E-state index in [1.54, 1.807) is 4.57 Å². The van der Waals surface area contributed by atoms with E-state index >= 15 is 0 Å². The van der Waals surface area contributed by atoms with Crippen molar-refractivity contribution >= 4 is 23.1 Å². The van der Waals surface area contributed by atoms with Crippen molar-refractivity contribution in [2.24, 2.45) is 5.92 Å². The van der Waals surface area contributed by atoms with Crippen molar-refractivity contribution in [3.63, 3.8) is 0 Å². The molecule has 0 radical (unpaired) electrons. The molecule has 2 aliphatic heterocycles. The maximum absolute atomic E-state index is 10.9. The third-order valence-corrected chi connectivity index (χ3v) is 7.22. The maximum Gasteiger partial charge on any atom is 0.415 e. The molecule has 1 saturated heterocycles. The van der Waals surface area contributed by atoms with E-state index in [0.717, 1.165) is 55.3 Å². The predicted octanol–water partition coefficient (Wildman–Crippen LogP) is 5.50. The minimum atomic E-state index is -0.628. The number of imidazole rings is 1. The van der Waals surface area contributed by atoms with Crippen LogP contribution >= 0.6 is 11.6 Å². The lowest BCUT2D eigenvalue weighted by Gasteiger charge is -2.33. The van der Waals surface area contributed by atoms with Crippen LogP contribution in [0.2, 0.25) is 5.02 Å². The Bertz CT molecular complexity index is 1180. The summed E-state index contributed by atoms with van der Waals surface area (Å²) in [6.07, 6.45) is 4.80. The molecular formula is C27H31ClN4O5. The quantitative estimate of drug-likeness (QED) is 0.196. The smallest absolute Gasteiger partial charge is 0.415 e. The second-order valence-electron chi connectivity index (χ2n) is 10.00. The van der Waals surface area contributed by atoms with Gasteiger partial charge in [-0.15, -0.1) is 0 Å². The fourth-order valence-electron chi connectivity index (χ4n) is 4.85. The molecule has 37 heavy (non-hydrogen) atoms. The van der Waals surface area contributed by atoms with E-state index in [-0.39, 0.29) is 11.8 Å². The summed E-state index contributed by atoms with van der Waals surface area (Å²) in [5, 5.41) is 11.6. The number of hydrogen-bond donors (Lipinski definition) is 0. The van der Waals surface area contributed by atoms with E-state index in [9.17, 15) is 10.1 Å². The SMILES string of the molecule is CC1(COc2ccc(N3CCC(CCOCc4ccc(Cl)cc4)CC3)cc2)Cn2cc([N+](=O)[O-])nc2O1. The summed E-state index contributed by atoms with van der Waals surface area (Å²) < 4.78 is 19.3. The minimum absolute atomic E-state index is 0.208. The summed E-state index contributed by atoms with van der Waals surface area (Å²) in [6.45, 7) is 6.14. The average molecular weight is 527 g/mol. The number of nitro groups is 1. The Balaban J connectivity index is 1.02. The van der Waals surface area contributed by atoms with Crippen molar-refractivity contribution in [3.05, 3.63) is 75.4 Å². The lowest BCUT2D eigenvalue weighted by Crippen LogP contribution is -2.38. The van der Waals surface area contributed by atoms with Crippen LogP contribution in [0.4, 0.5) is 11.5 Å². The molecule has 0 spiro atoms. The van der Waals surface area contributed by atoms with Crippen molar-refractivity contribution < 1.29 is 19.1 Å². The largest absolute Gasteiger partial charge is 0.489 e. The zero-order valence-corrected chi connectivity index (χ0v) is 21.6. The fourth-order valence-corrected chi connectivity index (χ4v) is 4.97. The molecule has 1 fully saturated rings. The molecule has 1 unspecified atom stereocenters. The summed E-state index contributed by atoms with van der Waals surface area (Å²) in [5.74, 6) is 1.24. The highest BCUT2D eigenvalue weighted by atomic mass is 35.5. The molecule has 196 valence electrons. The topological polar surface area (TPSA) is 91.9 Å². The molecule has 0 aliphatic carbocycles. The normalized spacial score (nSPS) is 19.5. The molecular weight excluding hydrogens is 496 g/mol. The second kappa shape index (κ2) is 11.0. The number of halogens is 1. The predicted molar refractivity (Wildman–Crippen MR) is 141 cm³/mol. The second-order valence-corrected chi connectivity index (χ2v) is 10.4. The van der Waals surface area contributed by atoms with E-state index in [0.29, 0.717) is 25.7 Å². The van der Waals surface area contributed by atoms with Gasteiger partial charge in [0.1, 0.15) is 18.6 Å². The van der Waals surface area contributed by atoms with Crippen LogP contribution in [0, 0.1) is 16.0 Å². The Morgan fingerprint density at radius 2 is 1.89 bits per heavy atom. The summed E-state index contributed by atoms with van der Waals surface area (Å²) >= 11 is 5.93. The van der Waals surface area contributed by atoms with Gasteiger partial charge in [0.2, 0.25) is 0 Å². The van der Waals surface area contributed by atoms with Gasteiger partial charge in [-0.3, -0.25) is 4.57 Å². The van der Waals surface area contributed by atoms with Gasteiger partial charge in [-0.05, 0) is 79.0 Å². The van der Waals surface area contributed by atoms with Crippen molar-refractivity contribution in [2.45, 2.75) is 44.9 Å². The molecule has 10 heteroatoms. The van der Waals surface area contributed by atoms with Gasteiger partial charge < -0.3 is 29.2 Å². The van der Waals surface area contributed by atoms with Gasteiger partial charge >= 0.3 is 11.8 Å². The number of ether oxygens (including phenoxy) is 3. The summed E-state index contributed by atoms with van der Waals surface area (Å²) in [6, 6.07) is 16.2. The standard InChI is InChI=1S/C27H31ClN4O5/c1-27(18-31-16-25(32(33)34)29-26(31)37-27)19-36-24-8-6-23(7-9-24)30-13-10-20(11-14-30)12-15-35-17-21-2-4-22(28)5-3-21/h2-9,16,20H,10-15,17-19H2,1H3. The number of aromatic nitrogens is 2. The number of rotatable bonds is 10. The summed E-state index contributed by atoms with van der Waals surface area (Å²) in [4.78, 5) is 16.7. The Morgan fingerprint density at radius 3 is 2.57 bits per heavy atom. The molecule has 2 aliphatic rings. The number of hydrogen-bond acceptors (Lipinski definition) is 7. The first-order valence-corrected chi connectivity index (χ1v) is 13.0. The highest BCUT2D eigenvalue weighted by molar-refractivity contribution is 6.30. The van der Waals surface area contributed by atoms with E-state index in [4.69, 9.17) is 25.8 Å². The number of nitrogens with zero attached hydrogens (tertiary/aromatic N) is 4. The zero-order valence-electron chi connectivity index (χ0n) is 20.8. The van der Waals surface area contributed by atoms with Gasteiger partial charge in [-0.2, -0.15) is 0 Å². The highest BCUT2D eigenvalue weighted by Gasteiger charge is 2.41. The molecule has 2 aromatic carbocycles. The molecule has 9 nitrogen and oxygen atoms in total. The van der Waals surface area contributed by atoms with Gasteiger partial charge in [0.25, 0.3) is 0 Å². The van der Waals surface area contributed by atoms with Crippen LogP contribution in [-0.4, -0.2) is 46.4 Å². The van der Waals surface area contributed by atoms with E-state index < -0.39 is 10.5 Å². The number of anilines is 1. The lowest BCUT2D eigenvalue weighted by atomic mass is 9.93. The Hall–Kier alpha value is -3.30. The Labute approximate surface area is 221 Å². The van der Waals surface area contributed by atoms with Crippen LogP contribution in [0.1, 0.15) is 31.7 Å². The molecule has 3 heterocycles. The van der Waals surface area contributed by atoms with E-state index in [2.05, 4.69) is 22.0 Å². The number of benzene rings is 2. The first kappa shape index (κ1) is 25.4. The monoisotopic (exact) mass is 526 g/mol. The summed E-state index contributed by atoms with van der Waals surface area (Å²) in [5.41, 5.74) is 1.71. The lowest BCUT2D eigenvalue weighted by molar-refractivity contribution is -0.389. The highest BCUT2D eigenvalue weighted by Crippen LogP contribution is 2.32. The molecule has 0 N–H and O–H groups in total. The van der Waals surface area contributed by atoms with Gasteiger partial charge in [-0.1, -0.05) is 23.7 Å². The van der Waals surface area contributed by atoms with Gasteiger partial charge in [0.05, 0.1) is 13.2 Å². The van der Waals surface area contributed by atoms with Crippen LogP contribution < -0.4 is 14.4 Å². The molecule has 0 bridgehead atoms. The van der Waals surface area contributed by atoms with Crippen molar-refractivity contribution in [2.75, 3.05) is 31.2 Å². The minimum Gasteiger partial charge on any atom is -0.489 e. The van der Waals surface area contributed by atoms with E-state index in [1.807, 2.05) is 43.3 Å². The fraction of sp³-hybridized carbons (Fsp3) is 0.444. The van der Waals surface area contributed by atoms with Crippen LogP contribution in [0.25, 0.3) is 0 Å². The van der Waals surface area contributed by atoms with Crippen molar-refractivity contribution in [1.29, 1.82) is 0 Å². The average Bonchev–Trinajstić information content (AvgIpc) is 3.43. The Morgan fingerprint density at radius 1 is 1.16 bits per heavy atom. The Kier molecular flexibility index (Phi) is 7.53. The zero-order chi connectivity index (χ0) is 25.8. The molecule has 3 aromatic rings. The third-order valence-electron chi connectivity index (χ3n) is 6.97. The van der Waals surface area contributed by atoms with Gasteiger partial charge in [0, 0.05) is 35.4 Å². The molecule has 0 amide bonds. The molecule has 0 saturated carbocycles. The number of piperidine rings is 1. The molecule has 1 aromatic heterocycles. The summed E-state index contributed by atoms with van der Waals surface area (Å²) in [7, 11) is 0. The number of fused-ring (bicyclic) bond motifs is 1.